The molecule has 2 rings (SSSR count). The average molecular weight is 294 g/mol. The molecule has 5 heteroatoms. The third-order valence-electron chi connectivity index (χ3n) is 2.83. The van der Waals surface area contributed by atoms with Crippen LogP contribution in [0, 0.1) is 11.7 Å². The van der Waals surface area contributed by atoms with Crippen molar-refractivity contribution in [3.05, 3.63) is 52.5 Å². The first kappa shape index (κ1) is 14.5. The van der Waals surface area contributed by atoms with Gasteiger partial charge in [0.25, 0.3) is 0 Å². The Labute approximate surface area is 121 Å². The highest BCUT2D eigenvalue weighted by Gasteiger charge is 2.21. The van der Waals surface area contributed by atoms with E-state index in [2.05, 4.69) is 0 Å². The summed E-state index contributed by atoms with van der Waals surface area (Å²) in [6.45, 7) is 0.205. The minimum Gasteiger partial charge on any atom is -0.493 e. The first-order valence-corrected chi connectivity index (χ1v) is 7.05. The number of carbonyl (C=O) groups is 1. The Morgan fingerprint density at radius 1 is 1.30 bits per heavy atom. The van der Waals surface area contributed by atoms with Crippen LogP contribution in [0.3, 0.4) is 0 Å². The van der Waals surface area contributed by atoms with Gasteiger partial charge >= 0.3 is 5.97 Å². The van der Waals surface area contributed by atoms with Crippen molar-refractivity contribution in [3.8, 4) is 5.75 Å². The predicted octanol–water partition coefficient (Wildman–Crippen LogP) is 3.30. The van der Waals surface area contributed by atoms with Gasteiger partial charge < -0.3 is 9.47 Å². The lowest BCUT2D eigenvalue weighted by Gasteiger charge is -2.15. The molecule has 1 aromatic heterocycles. The molecule has 1 heterocycles. The van der Waals surface area contributed by atoms with Crippen molar-refractivity contribution in [2.24, 2.45) is 5.92 Å². The van der Waals surface area contributed by atoms with Crippen LogP contribution in [0.25, 0.3) is 0 Å². The fraction of sp³-hybridized carbons (Fsp3) is 0.267. The van der Waals surface area contributed by atoms with Crippen molar-refractivity contribution in [1.82, 2.24) is 0 Å². The van der Waals surface area contributed by atoms with Crippen LogP contribution >= 0.6 is 11.3 Å². The lowest BCUT2D eigenvalue weighted by Crippen LogP contribution is -2.25. The lowest BCUT2D eigenvalue weighted by molar-refractivity contribution is -0.146. The van der Waals surface area contributed by atoms with Gasteiger partial charge in [-0.05, 0) is 42.1 Å². The molecule has 0 saturated carbocycles. The topological polar surface area (TPSA) is 35.5 Å². The van der Waals surface area contributed by atoms with Crippen molar-refractivity contribution in [1.29, 1.82) is 0 Å². The zero-order valence-corrected chi connectivity index (χ0v) is 11.9. The van der Waals surface area contributed by atoms with E-state index >= 15 is 0 Å². The van der Waals surface area contributed by atoms with E-state index in [1.165, 1.54) is 31.4 Å². The van der Waals surface area contributed by atoms with Crippen LogP contribution in [0.15, 0.2) is 41.8 Å². The van der Waals surface area contributed by atoms with Gasteiger partial charge in [-0.25, -0.2) is 4.39 Å². The van der Waals surface area contributed by atoms with Gasteiger partial charge in [-0.15, -0.1) is 11.3 Å². The summed E-state index contributed by atoms with van der Waals surface area (Å²) < 4.78 is 23.1. The van der Waals surface area contributed by atoms with Gasteiger partial charge in [0.2, 0.25) is 0 Å². The molecule has 0 N–H and O–H groups in total. The van der Waals surface area contributed by atoms with Crippen molar-refractivity contribution in [3.63, 3.8) is 0 Å². The minimum atomic E-state index is -0.372. The number of carbonyl (C=O) groups excluding carboxylic acids is 1. The molecule has 0 aliphatic rings. The third-order valence-corrected chi connectivity index (χ3v) is 3.73. The van der Waals surface area contributed by atoms with E-state index < -0.39 is 0 Å². The molecule has 0 radical (unpaired) electrons. The molecule has 106 valence electrons. The van der Waals surface area contributed by atoms with Gasteiger partial charge in [0, 0.05) is 4.88 Å². The lowest BCUT2D eigenvalue weighted by atomic mass is 10.1. The van der Waals surface area contributed by atoms with Gasteiger partial charge in [-0.2, -0.15) is 0 Å². The van der Waals surface area contributed by atoms with Gasteiger partial charge in [0.05, 0.1) is 13.0 Å². The molecule has 3 nitrogen and oxygen atoms in total. The highest BCUT2D eigenvalue weighted by Crippen LogP contribution is 2.18. The summed E-state index contributed by atoms with van der Waals surface area (Å²) in [7, 11) is 1.36. The summed E-state index contributed by atoms with van der Waals surface area (Å²) in [5.41, 5.74) is 0. The Kier molecular flexibility index (Phi) is 5.12. The predicted molar refractivity (Wildman–Crippen MR) is 75.4 cm³/mol. The van der Waals surface area contributed by atoms with Crippen LogP contribution in [0.5, 0.6) is 5.75 Å². The number of hydrogen-bond donors (Lipinski definition) is 0. The summed E-state index contributed by atoms with van der Waals surface area (Å²) in [6, 6.07) is 9.63. The van der Waals surface area contributed by atoms with Crippen LogP contribution in [-0.2, 0) is 16.0 Å². The standard InChI is InChI=1S/C15H15FO3S/c1-18-15(17)11(9-14-3-2-8-20-14)10-19-13-6-4-12(16)5-7-13/h2-8,11H,9-10H2,1H3. The zero-order chi connectivity index (χ0) is 14.4. The van der Waals surface area contributed by atoms with Gasteiger partial charge in [0.1, 0.15) is 18.2 Å². The highest BCUT2D eigenvalue weighted by atomic mass is 32.1. The first-order valence-electron chi connectivity index (χ1n) is 6.17. The molecule has 1 aromatic carbocycles. The molecule has 2 aromatic rings. The molecule has 20 heavy (non-hydrogen) atoms. The molecular formula is C15H15FO3S. The fourth-order valence-corrected chi connectivity index (χ4v) is 2.56. The van der Waals surface area contributed by atoms with E-state index in [1.807, 2.05) is 17.5 Å². The fourth-order valence-electron chi connectivity index (χ4n) is 1.78. The Morgan fingerprint density at radius 3 is 2.65 bits per heavy atom. The normalized spacial score (nSPS) is 11.9. The maximum absolute atomic E-state index is 12.8. The van der Waals surface area contributed by atoms with Crippen LogP contribution in [-0.4, -0.2) is 19.7 Å². The Bertz CT molecular complexity index is 537. The molecule has 1 unspecified atom stereocenters. The molecule has 0 spiro atoms. The number of benzene rings is 1. The van der Waals surface area contributed by atoms with Gasteiger partial charge in [0.15, 0.2) is 0 Å². The van der Waals surface area contributed by atoms with Crippen LogP contribution in [0.1, 0.15) is 4.88 Å². The number of thiophene rings is 1. The van der Waals surface area contributed by atoms with Crippen LogP contribution in [0.2, 0.25) is 0 Å². The molecule has 0 fully saturated rings. The third kappa shape index (κ3) is 4.06. The second-order valence-corrected chi connectivity index (χ2v) is 5.30. The van der Waals surface area contributed by atoms with Crippen molar-refractivity contribution < 1.29 is 18.7 Å². The minimum absolute atomic E-state index is 0.205. The summed E-state index contributed by atoms with van der Waals surface area (Å²) in [4.78, 5) is 12.9. The summed E-state index contributed by atoms with van der Waals surface area (Å²) >= 11 is 1.59. The Balaban J connectivity index is 1.97. The highest BCUT2D eigenvalue weighted by molar-refractivity contribution is 7.09. The summed E-state index contributed by atoms with van der Waals surface area (Å²) in [5.74, 6) is -0.462. The summed E-state index contributed by atoms with van der Waals surface area (Å²) in [6.07, 6.45) is 0.575. The van der Waals surface area contributed by atoms with E-state index in [0.717, 1.165) is 4.88 Å². The Morgan fingerprint density at radius 2 is 2.05 bits per heavy atom. The smallest absolute Gasteiger partial charge is 0.312 e. The average Bonchev–Trinajstić information content (AvgIpc) is 2.97. The van der Waals surface area contributed by atoms with Gasteiger partial charge in [-0.1, -0.05) is 6.07 Å². The number of methoxy groups -OCH3 is 1. The van der Waals surface area contributed by atoms with E-state index in [0.29, 0.717) is 12.2 Å². The van der Waals surface area contributed by atoms with Crippen LogP contribution in [0.4, 0.5) is 4.39 Å². The summed E-state index contributed by atoms with van der Waals surface area (Å²) in [5, 5.41) is 1.96. The van der Waals surface area contributed by atoms with Crippen molar-refractivity contribution in [2.45, 2.75) is 6.42 Å². The maximum Gasteiger partial charge on any atom is 0.312 e. The Hall–Kier alpha value is -1.88. The number of halogens is 1. The molecule has 1 atom stereocenters. The second-order valence-electron chi connectivity index (χ2n) is 4.27. The second kappa shape index (κ2) is 7.05. The molecule has 0 amide bonds. The van der Waals surface area contributed by atoms with E-state index in [1.54, 1.807) is 11.3 Å². The number of hydrogen-bond acceptors (Lipinski definition) is 4. The maximum atomic E-state index is 12.8. The number of ether oxygens (including phenoxy) is 2. The largest absolute Gasteiger partial charge is 0.493 e. The molecule has 0 aliphatic carbocycles. The quantitative estimate of drug-likeness (QED) is 0.767. The SMILES string of the molecule is COC(=O)C(COc1ccc(F)cc1)Cc1cccs1. The van der Waals surface area contributed by atoms with Gasteiger partial charge in [-0.3, -0.25) is 4.79 Å². The molecular weight excluding hydrogens is 279 g/mol. The van der Waals surface area contributed by atoms with E-state index in [-0.39, 0.29) is 24.3 Å². The zero-order valence-electron chi connectivity index (χ0n) is 11.0. The van der Waals surface area contributed by atoms with Crippen LogP contribution < -0.4 is 4.74 Å². The molecule has 0 bridgehead atoms. The number of rotatable bonds is 6. The molecule has 0 saturated heterocycles. The van der Waals surface area contributed by atoms with E-state index in [9.17, 15) is 9.18 Å². The van der Waals surface area contributed by atoms with Crippen molar-refractivity contribution >= 4 is 17.3 Å². The molecule has 0 aliphatic heterocycles. The van der Waals surface area contributed by atoms with Crippen molar-refractivity contribution in [2.75, 3.05) is 13.7 Å². The first-order chi connectivity index (χ1) is 9.69. The number of esters is 1. The monoisotopic (exact) mass is 294 g/mol. The van der Waals surface area contributed by atoms with E-state index in [4.69, 9.17) is 9.47 Å².